The van der Waals surface area contributed by atoms with Crippen molar-refractivity contribution in [2.45, 2.75) is 37.1 Å². The second-order valence-electron chi connectivity index (χ2n) is 4.94. The van der Waals surface area contributed by atoms with Gasteiger partial charge in [-0.3, -0.25) is 0 Å². The van der Waals surface area contributed by atoms with Crippen molar-refractivity contribution < 1.29 is 13.2 Å². The lowest BCUT2D eigenvalue weighted by Gasteiger charge is -2.31. The van der Waals surface area contributed by atoms with E-state index >= 15 is 0 Å². The molecule has 1 saturated heterocycles. The summed E-state index contributed by atoms with van der Waals surface area (Å²) < 4.78 is 32.5. The molecule has 0 spiro atoms. The zero-order chi connectivity index (χ0) is 14.6. The van der Waals surface area contributed by atoms with Gasteiger partial charge in [0.25, 0.3) is 10.0 Å². The molecular formula is C13H22N2O3S2. The van der Waals surface area contributed by atoms with Gasteiger partial charge in [-0.15, -0.1) is 11.3 Å². The number of rotatable bonds is 6. The van der Waals surface area contributed by atoms with Crippen LogP contribution in [0.4, 0.5) is 0 Å². The van der Waals surface area contributed by atoms with Crippen LogP contribution < -0.4 is 5.32 Å². The van der Waals surface area contributed by atoms with Gasteiger partial charge in [-0.2, -0.15) is 4.31 Å². The van der Waals surface area contributed by atoms with Crippen molar-refractivity contribution in [3.8, 4) is 0 Å². The van der Waals surface area contributed by atoms with Crippen molar-refractivity contribution >= 4 is 21.4 Å². The van der Waals surface area contributed by atoms with Gasteiger partial charge in [0.15, 0.2) is 0 Å². The molecule has 2 rings (SSSR count). The van der Waals surface area contributed by atoms with Crippen LogP contribution in [0.2, 0.25) is 0 Å². The number of ether oxygens (including phenoxy) is 1. The summed E-state index contributed by atoms with van der Waals surface area (Å²) in [6.07, 6.45) is 1.07. The Bertz CT molecular complexity index is 527. The first-order chi connectivity index (χ1) is 9.55. The minimum Gasteiger partial charge on any atom is -0.378 e. The lowest BCUT2D eigenvalue weighted by Crippen LogP contribution is -2.46. The molecule has 114 valence electrons. The highest BCUT2D eigenvalue weighted by atomic mass is 32.2. The van der Waals surface area contributed by atoms with Gasteiger partial charge in [0.2, 0.25) is 0 Å². The van der Waals surface area contributed by atoms with Crippen LogP contribution in [-0.2, 0) is 21.3 Å². The second kappa shape index (κ2) is 7.00. The SMILES string of the molecule is CCCNCc1ccc(S(=O)(=O)N2CCOCC2C)s1. The minimum absolute atomic E-state index is 0.0995. The zero-order valence-corrected chi connectivity index (χ0v) is 13.6. The molecule has 0 bridgehead atoms. The average molecular weight is 318 g/mol. The Hall–Kier alpha value is -0.470. The molecule has 0 radical (unpaired) electrons. The molecule has 0 aliphatic carbocycles. The van der Waals surface area contributed by atoms with Gasteiger partial charge in [0, 0.05) is 24.0 Å². The lowest BCUT2D eigenvalue weighted by atomic mass is 10.3. The van der Waals surface area contributed by atoms with Crippen LogP contribution in [0, 0.1) is 0 Å². The van der Waals surface area contributed by atoms with E-state index in [1.807, 2.05) is 13.0 Å². The molecule has 1 aromatic heterocycles. The van der Waals surface area contributed by atoms with E-state index in [1.165, 1.54) is 11.3 Å². The van der Waals surface area contributed by atoms with E-state index in [1.54, 1.807) is 10.4 Å². The molecule has 0 amide bonds. The van der Waals surface area contributed by atoms with Crippen LogP contribution in [0.25, 0.3) is 0 Å². The van der Waals surface area contributed by atoms with E-state index in [9.17, 15) is 8.42 Å². The molecule has 1 unspecified atom stereocenters. The Morgan fingerprint density at radius 3 is 3.00 bits per heavy atom. The number of nitrogens with one attached hydrogen (secondary N) is 1. The van der Waals surface area contributed by atoms with Gasteiger partial charge in [-0.1, -0.05) is 6.92 Å². The summed E-state index contributed by atoms with van der Waals surface area (Å²) in [5.41, 5.74) is 0. The third-order valence-electron chi connectivity index (χ3n) is 3.23. The molecule has 1 aliphatic heterocycles. The summed E-state index contributed by atoms with van der Waals surface area (Å²) >= 11 is 1.35. The molecule has 7 heteroatoms. The highest BCUT2D eigenvalue weighted by Crippen LogP contribution is 2.27. The quantitative estimate of drug-likeness (QED) is 0.811. The average Bonchev–Trinajstić information content (AvgIpc) is 2.89. The summed E-state index contributed by atoms with van der Waals surface area (Å²) in [6, 6.07) is 3.51. The van der Waals surface area contributed by atoms with Crippen LogP contribution in [0.15, 0.2) is 16.3 Å². The summed E-state index contributed by atoms with van der Waals surface area (Å²) in [6.45, 7) is 7.04. The van der Waals surface area contributed by atoms with Gasteiger partial charge in [-0.05, 0) is 32.0 Å². The molecule has 0 saturated carbocycles. The molecule has 1 aliphatic rings. The Labute approximate surface area is 125 Å². The molecule has 1 fully saturated rings. The number of nitrogens with zero attached hydrogens (tertiary/aromatic N) is 1. The van der Waals surface area contributed by atoms with Crippen molar-refractivity contribution in [3.05, 3.63) is 17.0 Å². The van der Waals surface area contributed by atoms with Gasteiger partial charge in [-0.25, -0.2) is 8.42 Å². The van der Waals surface area contributed by atoms with E-state index in [-0.39, 0.29) is 6.04 Å². The monoisotopic (exact) mass is 318 g/mol. The molecule has 1 N–H and O–H groups in total. The molecule has 5 nitrogen and oxygen atoms in total. The van der Waals surface area contributed by atoms with Gasteiger partial charge in [0.05, 0.1) is 13.2 Å². The predicted molar refractivity (Wildman–Crippen MR) is 80.5 cm³/mol. The fraction of sp³-hybridized carbons (Fsp3) is 0.692. The Morgan fingerprint density at radius 1 is 1.50 bits per heavy atom. The van der Waals surface area contributed by atoms with Crippen molar-refractivity contribution in [2.75, 3.05) is 26.3 Å². The number of hydrogen-bond donors (Lipinski definition) is 1. The third-order valence-corrected chi connectivity index (χ3v) is 6.80. The second-order valence-corrected chi connectivity index (χ2v) is 8.22. The van der Waals surface area contributed by atoms with E-state index in [4.69, 9.17) is 4.74 Å². The third kappa shape index (κ3) is 3.59. The number of sulfonamides is 1. The Morgan fingerprint density at radius 2 is 2.30 bits per heavy atom. The van der Waals surface area contributed by atoms with Crippen LogP contribution in [0.1, 0.15) is 25.1 Å². The molecular weight excluding hydrogens is 296 g/mol. The predicted octanol–water partition coefficient (Wildman–Crippen LogP) is 1.66. The topological polar surface area (TPSA) is 58.6 Å². The summed E-state index contributed by atoms with van der Waals surface area (Å²) in [5, 5.41) is 3.29. The Balaban J connectivity index is 2.09. The minimum atomic E-state index is -3.38. The van der Waals surface area contributed by atoms with Crippen molar-refractivity contribution in [2.24, 2.45) is 0 Å². The normalized spacial score (nSPS) is 21.2. The van der Waals surface area contributed by atoms with E-state index in [0.717, 1.165) is 24.4 Å². The highest BCUT2D eigenvalue weighted by Gasteiger charge is 2.32. The molecule has 2 heterocycles. The van der Waals surface area contributed by atoms with E-state index < -0.39 is 10.0 Å². The standard InChI is InChI=1S/C13H22N2O3S2/c1-3-6-14-9-12-4-5-13(19-12)20(16,17)15-7-8-18-10-11(15)2/h4-5,11,14H,3,6-10H2,1-2H3. The lowest BCUT2D eigenvalue weighted by molar-refractivity contribution is 0.0393. The Kier molecular flexibility index (Phi) is 5.57. The first-order valence-electron chi connectivity index (χ1n) is 6.94. The first kappa shape index (κ1) is 15.9. The zero-order valence-electron chi connectivity index (χ0n) is 12.0. The molecule has 1 atom stereocenters. The maximum absolute atomic E-state index is 12.6. The molecule has 20 heavy (non-hydrogen) atoms. The van der Waals surface area contributed by atoms with Gasteiger partial charge >= 0.3 is 0 Å². The molecule has 0 aromatic carbocycles. The van der Waals surface area contributed by atoms with Crippen LogP contribution in [-0.4, -0.2) is 45.1 Å². The van der Waals surface area contributed by atoms with Crippen LogP contribution >= 0.6 is 11.3 Å². The fourth-order valence-electron chi connectivity index (χ4n) is 2.16. The van der Waals surface area contributed by atoms with E-state index in [0.29, 0.717) is 24.0 Å². The van der Waals surface area contributed by atoms with Gasteiger partial charge < -0.3 is 10.1 Å². The fourth-order valence-corrected chi connectivity index (χ4v) is 5.22. The summed E-state index contributed by atoms with van der Waals surface area (Å²) in [4.78, 5) is 1.05. The number of hydrogen-bond acceptors (Lipinski definition) is 5. The van der Waals surface area contributed by atoms with Crippen LogP contribution in [0.5, 0.6) is 0 Å². The smallest absolute Gasteiger partial charge is 0.252 e. The highest BCUT2D eigenvalue weighted by molar-refractivity contribution is 7.91. The number of morpholine rings is 1. The molecule has 1 aromatic rings. The van der Waals surface area contributed by atoms with Crippen molar-refractivity contribution in [1.82, 2.24) is 9.62 Å². The first-order valence-corrected chi connectivity index (χ1v) is 9.20. The largest absolute Gasteiger partial charge is 0.378 e. The maximum atomic E-state index is 12.6. The maximum Gasteiger partial charge on any atom is 0.252 e. The van der Waals surface area contributed by atoms with E-state index in [2.05, 4.69) is 12.2 Å². The van der Waals surface area contributed by atoms with Crippen molar-refractivity contribution in [3.63, 3.8) is 0 Å². The van der Waals surface area contributed by atoms with Gasteiger partial charge in [0.1, 0.15) is 4.21 Å². The van der Waals surface area contributed by atoms with Crippen molar-refractivity contribution in [1.29, 1.82) is 0 Å². The number of thiophene rings is 1. The summed E-state index contributed by atoms with van der Waals surface area (Å²) in [5.74, 6) is 0. The van der Waals surface area contributed by atoms with Crippen LogP contribution in [0.3, 0.4) is 0 Å². The summed E-state index contributed by atoms with van der Waals surface area (Å²) in [7, 11) is -3.38.